The zero-order valence-corrected chi connectivity index (χ0v) is 16.6. The van der Waals surface area contributed by atoms with Crippen molar-refractivity contribution in [1.82, 2.24) is 0 Å². The molecule has 0 N–H and O–H groups in total. The SMILES string of the molecule is [CH]1[C](CC[C]2[CH][C]3C=CC=C[C]3[CH]2)[CH][C]2C=CC=C[C]12.[Cl][Zr+2][Cl]. The normalized spacial score (nSPS) is 25.3. The Morgan fingerprint density at radius 1 is 0.565 bits per heavy atom. The van der Waals surface area contributed by atoms with E-state index in [4.69, 9.17) is 17.0 Å². The molecule has 0 aromatic carbocycles. The Balaban J connectivity index is 0.000000485. The molecule has 0 aromatic rings. The number of allylic oxidation sites excluding steroid dienone is 8. The third-order valence-electron chi connectivity index (χ3n) is 4.06. The molecule has 0 amide bonds. The Labute approximate surface area is 159 Å². The molecule has 0 aromatic heterocycles. The van der Waals surface area contributed by atoms with Gasteiger partial charge in [-0.05, 0) is 50.4 Å². The first-order chi connectivity index (χ1) is 11.3. The molecule has 23 heavy (non-hydrogen) atoms. The first kappa shape index (κ1) is 18.2. The van der Waals surface area contributed by atoms with Crippen molar-refractivity contribution in [3.8, 4) is 0 Å². The van der Waals surface area contributed by atoms with Crippen molar-refractivity contribution < 1.29 is 20.8 Å². The molecule has 10 radical (unpaired) electrons. The van der Waals surface area contributed by atoms with Crippen LogP contribution in [0.25, 0.3) is 0 Å². The van der Waals surface area contributed by atoms with E-state index in [-0.39, 0.29) is 0 Å². The molecule has 3 heteroatoms. The predicted molar refractivity (Wildman–Crippen MR) is 94.2 cm³/mol. The molecule has 112 valence electrons. The van der Waals surface area contributed by atoms with Crippen molar-refractivity contribution in [2.24, 2.45) is 0 Å². The summed E-state index contributed by atoms with van der Waals surface area (Å²) in [6.07, 6.45) is 28.7. The average Bonchev–Trinajstić information content (AvgIpc) is 3.16. The Hall–Kier alpha value is 0.423. The molecule has 4 aliphatic carbocycles. The first-order valence-electron chi connectivity index (χ1n) is 7.55. The van der Waals surface area contributed by atoms with Crippen LogP contribution in [-0.4, -0.2) is 0 Å². The van der Waals surface area contributed by atoms with Gasteiger partial charge in [0, 0.05) is 23.7 Å². The molecule has 0 saturated heterocycles. The van der Waals surface area contributed by atoms with Gasteiger partial charge in [-0.3, -0.25) is 0 Å². The minimum absolute atomic E-state index is 0.826. The van der Waals surface area contributed by atoms with E-state index in [2.05, 4.69) is 74.3 Å². The van der Waals surface area contributed by atoms with E-state index in [9.17, 15) is 0 Å². The van der Waals surface area contributed by atoms with Crippen molar-refractivity contribution in [3.63, 3.8) is 0 Å². The van der Waals surface area contributed by atoms with E-state index in [1.807, 2.05) is 0 Å². The van der Waals surface area contributed by atoms with Gasteiger partial charge >= 0.3 is 37.9 Å². The van der Waals surface area contributed by atoms with Crippen LogP contribution in [0.3, 0.4) is 0 Å². The minimum atomic E-state index is -0.826. The van der Waals surface area contributed by atoms with E-state index in [1.54, 1.807) is 0 Å². The average molecular weight is 418 g/mol. The maximum atomic E-state index is 4.93. The molecule has 0 atom stereocenters. The second-order valence-electron chi connectivity index (χ2n) is 5.56. The molecular formula is C20H16Cl2Zr+2. The van der Waals surface area contributed by atoms with Crippen LogP contribution in [0.2, 0.25) is 0 Å². The van der Waals surface area contributed by atoms with E-state index in [0.717, 1.165) is 12.8 Å². The molecule has 0 unspecified atom stereocenters. The Bertz CT molecular complexity index is 410. The first-order valence-corrected chi connectivity index (χ1v) is 13.9. The molecule has 2 fully saturated rings. The fraction of sp³-hybridized carbons (Fsp3) is 0.100. The van der Waals surface area contributed by atoms with Crippen LogP contribution in [-0.2, 0) is 20.8 Å². The molecule has 0 spiro atoms. The maximum absolute atomic E-state index is 4.93. The fourth-order valence-electron chi connectivity index (χ4n) is 3.01. The number of rotatable bonds is 3. The van der Waals surface area contributed by atoms with Crippen LogP contribution < -0.4 is 0 Å². The summed E-state index contributed by atoms with van der Waals surface area (Å²) < 4.78 is 0. The third-order valence-corrected chi connectivity index (χ3v) is 4.06. The van der Waals surface area contributed by atoms with Gasteiger partial charge in [-0.25, -0.2) is 0 Å². The monoisotopic (exact) mass is 416 g/mol. The van der Waals surface area contributed by atoms with E-state index < -0.39 is 20.8 Å². The quantitative estimate of drug-likeness (QED) is 0.553. The third kappa shape index (κ3) is 4.96. The summed E-state index contributed by atoms with van der Waals surface area (Å²) in [7, 11) is 9.87. The van der Waals surface area contributed by atoms with Crippen LogP contribution in [0.5, 0.6) is 0 Å². The van der Waals surface area contributed by atoms with Crippen LogP contribution in [0.4, 0.5) is 0 Å². The Morgan fingerprint density at radius 2 is 0.826 bits per heavy atom. The summed E-state index contributed by atoms with van der Waals surface area (Å²) in [5.74, 6) is 8.31. The van der Waals surface area contributed by atoms with Crippen LogP contribution in [0, 0.1) is 61.2 Å². The van der Waals surface area contributed by atoms with Gasteiger partial charge in [0.25, 0.3) is 0 Å². The van der Waals surface area contributed by atoms with Crippen molar-refractivity contribution in [2.45, 2.75) is 12.8 Å². The van der Waals surface area contributed by atoms with E-state index >= 15 is 0 Å². The van der Waals surface area contributed by atoms with Crippen LogP contribution >= 0.6 is 17.0 Å². The standard InChI is InChI=1S/C20H16.2ClH.Zr/c1-2-6-18-12-15(11-17(18)5-1)9-10-16-13-19-7-3-4-8-20(19)14-16;;;/h1-8,11-14H,9-10H2;2*1H;/q;;;+4/p-2. The van der Waals surface area contributed by atoms with Crippen molar-refractivity contribution in [1.29, 1.82) is 0 Å². The van der Waals surface area contributed by atoms with Gasteiger partial charge < -0.3 is 0 Å². The summed E-state index contributed by atoms with van der Waals surface area (Å²) in [6, 6.07) is 0. The van der Waals surface area contributed by atoms with Gasteiger partial charge in [0.1, 0.15) is 0 Å². The number of fused-ring (bicyclic) bond motifs is 2. The van der Waals surface area contributed by atoms with Gasteiger partial charge in [-0.15, -0.1) is 0 Å². The number of halogens is 2. The van der Waals surface area contributed by atoms with Crippen LogP contribution in [0.15, 0.2) is 48.6 Å². The van der Waals surface area contributed by atoms with Gasteiger partial charge in [-0.1, -0.05) is 48.6 Å². The van der Waals surface area contributed by atoms with Crippen molar-refractivity contribution >= 4 is 17.0 Å². The molecule has 0 bridgehead atoms. The predicted octanol–water partition coefficient (Wildman–Crippen LogP) is 5.69. The molecule has 4 aliphatic rings. The molecule has 0 aliphatic heterocycles. The Morgan fingerprint density at radius 3 is 1.09 bits per heavy atom. The van der Waals surface area contributed by atoms with Crippen molar-refractivity contribution in [2.75, 3.05) is 0 Å². The fourth-order valence-corrected chi connectivity index (χ4v) is 3.01. The summed E-state index contributed by atoms with van der Waals surface area (Å²) in [5, 5.41) is 0. The topological polar surface area (TPSA) is 0 Å². The molecule has 2 saturated carbocycles. The molecular weight excluding hydrogens is 402 g/mol. The van der Waals surface area contributed by atoms with Gasteiger partial charge in [-0.2, -0.15) is 0 Å². The number of hydrogen-bond donors (Lipinski definition) is 0. The summed E-state index contributed by atoms with van der Waals surface area (Å²) in [5.41, 5.74) is 0. The van der Waals surface area contributed by atoms with E-state index in [0.29, 0.717) is 0 Å². The summed E-state index contributed by atoms with van der Waals surface area (Å²) in [6.45, 7) is 0. The summed E-state index contributed by atoms with van der Waals surface area (Å²) >= 11 is -0.826. The van der Waals surface area contributed by atoms with E-state index in [1.165, 1.54) is 35.5 Å². The van der Waals surface area contributed by atoms with Gasteiger partial charge in [0.05, 0.1) is 0 Å². The zero-order chi connectivity index (χ0) is 16.1. The zero-order valence-electron chi connectivity index (χ0n) is 12.6. The summed E-state index contributed by atoms with van der Waals surface area (Å²) in [4.78, 5) is 0. The molecule has 0 heterocycles. The number of hydrogen-bond acceptors (Lipinski definition) is 0. The second kappa shape index (κ2) is 9.21. The molecule has 0 nitrogen and oxygen atoms in total. The second-order valence-corrected chi connectivity index (χ2v) is 9.29. The van der Waals surface area contributed by atoms with Crippen LogP contribution in [0.1, 0.15) is 12.8 Å². The van der Waals surface area contributed by atoms with Crippen molar-refractivity contribution in [3.05, 3.63) is 110 Å². The van der Waals surface area contributed by atoms with Gasteiger partial charge in [0.15, 0.2) is 0 Å². The Kier molecular flexibility index (Phi) is 7.30. The molecule has 4 rings (SSSR count). The van der Waals surface area contributed by atoms with Gasteiger partial charge in [0.2, 0.25) is 0 Å².